The molecule has 0 saturated carbocycles. The lowest BCUT2D eigenvalue weighted by atomic mass is 9.96. The molecular formula is C15H25ClN2O. The molecule has 1 aromatic rings. The van der Waals surface area contributed by atoms with Crippen LogP contribution < -0.4 is 5.73 Å². The summed E-state index contributed by atoms with van der Waals surface area (Å²) in [5.74, 6) is 0. The standard InChI is InChI=1S/C15H25ClN2O/c1-4-14(17)15(18(2)10-5-11-19-3)12-6-8-13(16)9-7-12/h6-9,14-15H,4-5,10-11,17H2,1-3H3. The molecule has 0 amide bonds. The number of halogens is 1. The second-order valence-electron chi connectivity index (χ2n) is 4.90. The van der Waals surface area contributed by atoms with E-state index in [2.05, 4.69) is 31.0 Å². The molecule has 19 heavy (non-hydrogen) atoms. The summed E-state index contributed by atoms with van der Waals surface area (Å²) in [7, 11) is 3.85. The van der Waals surface area contributed by atoms with Crippen molar-refractivity contribution in [1.29, 1.82) is 0 Å². The number of hydrogen-bond donors (Lipinski definition) is 1. The van der Waals surface area contributed by atoms with Gasteiger partial charge in [0.1, 0.15) is 0 Å². The van der Waals surface area contributed by atoms with Crippen LogP contribution in [-0.4, -0.2) is 38.3 Å². The molecule has 1 rings (SSSR count). The highest BCUT2D eigenvalue weighted by Gasteiger charge is 2.22. The van der Waals surface area contributed by atoms with Crippen molar-refractivity contribution in [3.8, 4) is 0 Å². The largest absolute Gasteiger partial charge is 0.385 e. The molecule has 4 heteroatoms. The Morgan fingerprint density at radius 1 is 1.32 bits per heavy atom. The molecular weight excluding hydrogens is 260 g/mol. The van der Waals surface area contributed by atoms with Crippen LogP contribution in [0.15, 0.2) is 24.3 Å². The maximum absolute atomic E-state index is 6.29. The molecule has 108 valence electrons. The van der Waals surface area contributed by atoms with Gasteiger partial charge in [-0.05, 0) is 37.6 Å². The predicted molar refractivity (Wildman–Crippen MR) is 81.6 cm³/mol. The third kappa shape index (κ3) is 5.11. The molecule has 0 aliphatic heterocycles. The van der Waals surface area contributed by atoms with Crippen LogP contribution in [0.1, 0.15) is 31.4 Å². The molecule has 3 nitrogen and oxygen atoms in total. The molecule has 0 spiro atoms. The maximum atomic E-state index is 6.29. The Bertz CT molecular complexity index is 356. The summed E-state index contributed by atoms with van der Waals surface area (Å²) in [6.45, 7) is 3.87. The second-order valence-corrected chi connectivity index (χ2v) is 5.33. The van der Waals surface area contributed by atoms with E-state index >= 15 is 0 Å². The Morgan fingerprint density at radius 2 is 1.95 bits per heavy atom. The average Bonchev–Trinajstić information content (AvgIpc) is 2.41. The Labute approximate surface area is 121 Å². The quantitative estimate of drug-likeness (QED) is 0.746. The molecule has 0 radical (unpaired) electrons. The minimum atomic E-state index is 0.119. The zero-order chi connectivity index (χ0) is 14.3. The Kier molecular flexibility index (Phi) is 7.39. The highest BCUT2D eigenvalue weighted by molar-refractivity contribution is 6.30. The maximum Gasteiger partial charge on any atom is 0.0496 e. The minimum Gasteiger partial charge on any atom is -0.385 e. The van der Waals surface area contributed by atoms with Gasteiger partial charge < -0.3 is 10.5 Å². The Hall–Kier alpha value is -0.610. The van der Waals surface area contributed by atoms with Crippen LogP contribution in [0, 0.1) is 0 Å². The molecule has 0 fully saturated rings. The van der Waals surface area contributed by atoms with Crippen molar-refractivity contribution >= 4 is 11.6 Å². The Balaban J connectivity index is 2.79. The van der Waals surface area contributed by atoms with Crippen LogP contribution in [0.3, 0.4) is 0 Å². The molecule has 0 heterocycles. The third-order valence-electron chi connectivity index (χ3n) is 3.42. The molecule has 0 bridgehead atoms. The summed E-state index contributed by atoms with van der Waals surface area (Å²) in [6, 6.07) is 8.32. The molecule has 0 saturated heterocycles. The number of hydrogen-bond acceptors (Lipinski definition) is 3. The summed E-state index contributed by atoms with van der Waals surface area (Å²) >= 11 is 5.95. The molecule has 2 unspecified atom stereocenters. The lowest BCUT2D eigenvalue weighted by Crippen LogP contribution is -2.39. The highest BCUT2D eigenvalue weighted by atomic mass is 35.5. The monoisotopic (exact) mass is 284 g/mol. The van der Waals surface area contributed by atoms with Gasteiger partial charge in [0.2, 0.25) is 0 Å². The second kappa shape index (κ2) is 8.54. The third-order valence-corrected chi connectivity index (χ3v) is 3.67. The summed E-state index contributed by atoms with van der Waals surface area (Å²) in [4.78, 5) is 2.30. The average molecular weight is 285 g/mol. The summed E-state index contributed by atoms with van der Waals surface area (Å²) in [5.41, 5.74) is 7.51. The van der Waals surface area contributed by atoms with Gasteiger partial charge >= 0.3 is 0 Å². The molecule has 1 aromatic carbocycles. The lowest BCUT2D eigenvalue weighted by molar-refractivity contribution is 0.155. The van der Waals surface area contributed by atoms with Gasteiger partial charge in [0.25, 0.3) is 0 Å². The molecule has 0 aliphatic carbocycles. The van der Waals surface area contributed by atoms with E-state index in [9.17, 15) is 0 Å². The smallest absolute Gasteiger partial charge is 0.0496 e. The SMILES string of the molecule is CCC(N)C(c1ccc(Cl)cc1)N(C)CCCOC. The van der Waals surface area contributed by atoms with Crippen molar-refractivity contribution in [3.05, 3.63) is 34.9 Å². The van der Waals surface area contributed by atoms with Crippen LogP contribution in [0.4, 0.5) is 0 Å². The van der Waals surface area contributed by atoms with Crippen LogP contribution in [0.2, 0.25) is 5.02 Å². The van der Waals surface area contributed by atoms with E-state index in [4.69, 9.17) is 22.1 Å². The van der Waals surface area contributed by atoms with Crippen molar-refractivity contribution in [2.24, 2.45) is 5.73 Å². The number of benzene rings is 1. The number of nitrogens with two attached hydrogens (primary N) is 1. The van der Waals surface area contributed by atoms with Gasteiger partial charge in [0.05, 0.1) is 0 Å². The van der Waals surface area contributed by atoms with Crippen LogP contribution >= 0.6 is 11.6 Å². The molecule has 2 N–H and O–H groups in total. The van der Waals surface area contributed by atoms with Crippen molar-refractivity contribution in [1.82, 2.24) is 4.90 Å². The number of nitrogens with zero attached hydrogens (tertiary/aromatic N) is 1. The van der Waals surface area contributed by atoms with Gasteiger partial charge in [0.15, 0.2) is 0 Å². The van der Waals surface area contributed by atoms with Gasteiger partial charge in [-0.2, -0.15) is 0 Å². The van der Waals surface area contributed by atoms with Gasteiger partial charge in [-0.1, -0.05) is 30.7 Å². The van der Waals surface area contributed by atoms with E-state index in [0.717, 1.165) is 31.0 Å². The van der Waals surface area contributed by atoms with E-state index in [1.54, 1.807) is 7.11 Å². The first kappa shape index (κ1) is 16.4. The van der Waals surface area contributed by atoms with Crippen LogP contribution in [0.25, 0.3) is 0 Å². The highest BCUT2D eigenvalue weighted by Crippen LogP contribution is 2.25. The van der Waals surface area contributed by atoms with Crippen molar-refractivity contribution in [2.45, 2.75) is 31.8 Å². The van der Waals surface area contributed by atoms with Crippen LogP contribution in [0.5, 0.6) is 0 Å². The van der Waals surface area contributed by atoms with Crippen molar-refractivity contribution in [3.63, 3.8) is 0 Å². The summed E-state index contributed by atoms with van der Waals surface area (Å²) in [5, 5.41) is 0.759. The number of methoxy groups -OCH3 is 1. The zero-order valence-corrected chi connectivity index (χ0v) is 12.9. The first-order chi connectivity index (χ1) is 9.10. The minimum absolute atomic E-state index is 0.119. The predicted octanol–water partition coefficient (Wildman–Crippen LogP) is 3.09. The topological polar surface area (TPSA) is 38.5 Å². The van der Waals surface area contributed by atoms with Crippen molar-refractivity contribution in [2.75, 3.05) is 27.3 Å². The number of rotatable bonds is 8. The number of likely N-dealkylation sites (N-methyl/N-ethyl adjacent to an activating group) is 1. The van der Waals surface area contributed by atoms with Crippen LogP contribution in [-0.2, 0) is 4.74 Å². The fourth-order valence-corrected chi connectivity index (χ4v) is 2.44. The normalized spacial score (nSPS) is 14.6. The van der Waals surface area contributed by atoms with E-state index in [-0.39, 0.29) is 12.1 Å². The zero-order valence-electron chi connectivity index (χ0n) is 12.1. The fraction of sp³-hybridized carbons (Fsp3) is 0.600. The number of ether oxygens (including phenoxy) is 1. The summed E-state index contributed by atoms with van der Waals surface area (Å²) < 4.78 is 5.10. The molecule has 0 aromatic heterocycles. The first-order valence-corrected chi connectivity index (χ1v) is 7.18. The van der Waals surface area contributed by atoms with Gasteiger partial charge in [-0.3, -0.25) is 4.90 Å². The lowest BCUT2D eigenvalue weighted by Gasteiger charge is -2.32. The van der Waals surface area contributed by atoms with Gasteiger partial charge in [-0.25, -0.2) is 0 Å². The van der Waals surface area contributed by atoms with E-state index in [1.165, 1.54) is 5.56 Å². The molecule has 0 aliphatic rings. The van der Waals surface area contributed by atoms with Gasteiger partial charge in [0, 0.05) is 37.4 Å². The first-order valence-electron chi connectivity index (χ1n) is 6.80. The van der Waals surface area contributed by atoms with Crippen molar-refractivity contribution < 1.29 is 4.74 Å². The summed E-state index contributed by atoms with van der Waals surface area (Å²) in [6.07, 6.45) is 1.95. The van der Waals surface area contributed by atoms with E-state index in [1.807, 2.05) is 12.1 Å². The van der Waals surface area contributed by atoms with Gasteiger partial charge in [-0.15, -0.1) is 0 Å². The van der Waals surface area contributed by atoms with E-state index in [0.29, 0.717) is 0 Å². The Morgan fingerprint density at radius 3 is 2.47 bits per heavy atom. The van der Waals surface area contributed by atoms with E-state index < -0.39 is 0 Å². The molecule has 2 atom stereocenters. The fourth-order valence-electron chi connectivity index (χ4n) is 2.31.